The number of rotatable bonds is 5. The van der Waals surface area contributed by atoms with Crippen LogP contribution in [0.4, 0.5) is 5.69 Å². The highest BCUT2D eigenvalue weighted by Gasteiger charge is 2.43. The molecule has 0 bridgehead atoms. The third kappa shape index (κ3) is 3.67. The van der Waals surface area contributed by atoms with E-state index in [0.717, 1.165) is 32.5 Å². The molecule has 5 rings (SSSR count). The quantitative estimate of drug-likeness (QED) is 0.335. The molecule has 1 aliphatic heterocycles. The highest BCUT2D eigenvalue weighted by atomic mass is 79.9. The Kier molecular flexibility index (Phi) is 5.60. The number of aromatic nitrogens is 2. The Hall–Kier alpha value is -3.29. The minimum Gasteiger partial charge on any atom is -0.493 e. The fourth-order valence-corrected chi connectivity index (χ4v) is 4.57. The lowest BCUT2D eigenvalue weighted by Crippen LogP contribution is -2.29. The second-order valence-electron chi connectivity index (χ2n) is 7.54. The van der Waals surface area contributed by atoms with E-state index in [1.54, 1.807) is 31.3 Å². The highest BCUT2D eigenvalue weighted by molar-refractivity contribution is 9.10. The fraction of sp³-hybridized carbons (Fsp3) is 0.120. The van der Waals surface area contributed by atoms with E-state index in [-0.39, 0.29) is 5.91 Å². The summed E-state index contributed by atoms with van der Waals surface area (Å²) in [4.78, 5) is 15.4. The maximum absolute atomic E-state index is 13.6. The van der Waals surface area contributed by atoms with Crippen molar-refractivity contribution < 1.29 is 14.3 Å². The number of aromatic amines is 1. The van der Waals surface area contributed by atoms with Crippen molar-refractivity contribution in [3.05, 3.63) is 93.0 Å². The number of hydrogen-bond acceptors (Lipinski definition) is 4. The predicted molar refractivity (Wildman–Crippen MR) is 131 cm³/mol. The van der Waals surface area contributed by atoms with Crippen molar-refractivity contribution >= 4 is 39.1 Å². The maximum Gasteiger partial charge on any atom is 0.277 e. The van der Waals surface area contributed by atoms with Gasteiger partial charge < -0.3 is 9.47 Å². The number of methoxy groups -OCH3 is 2. The second-order valence-corrected chi connectivity index (χ2v) is 8.89. The molecule has 0 saturated carbocycles. The summed E-state index contributed by atoms with van der Waals surface area (Å²) in [6, 6.07) is 20.3. The summed E-state index contributed by atoms with van der Waals surface area (Å²) in [5.41, 5.74) is 4.51. The van der Waals surface area contributed by atoms with Crippen molar-refractivity contribution in [3.8, 4) is 22.8 Å². The molecule has 0 saturated heterocycles. The molecular formula is C25H19BrClN3O3. The number of ether oxygens (including phenoxy) is 2. The molecule has 3 aromatic carbocycles. The van der Waals surface area contributed by atoms with Crippen LogP contribution in [0.2, 0.25) is 5.02 Å². The zero-order chi connectivity index (χ0) is 23.1. The molecule has 0 unspecified atom stereocenters. The third-order valence-corrected chi connectivity index (χ3v) is 6.49. The monoisotopic (exact) mass is 523 g/mol. The molecule has 1 aromatic heterocycles. The Balaban J connectivity index is 1.72. The van der Waals surface area contributed by atoms with Gasteiger partial charge in [0.2, 0.25) is 0 Å². The summed E-state index contributed by atoms with van der Waals surface area (Å²) < 4.78 is 11.9. The second kappa shape index (κ2) is 8.57. The lowest BCUT2D eigenvalue weighted by atomic mass is 9.95. The SMILES string of the molecule is COc1ccc([C@H]2c3c(-c4ccc(Br)cc4)n[nH]c3C(=O)N2c2ccc(Cl)cc2)cc1OC. The van der Waals surface area contributed by atoms with Gasteiger partial charge in [-0.2, -0.15) is 5.10 Å². The van der Waals surface area contributed by atoms with Gasteiger partial charge in [0.25, 0.3) is 5.91 Å². The normalized spacial score (nSPS) is 15.0. The van der Waals surface area contributed by atoms with Gasteiger partial charge in [-0.3, -0.25) is 14.8 Å². The predicted octanol–water partition coefficient (Wildman–Crippen LogP) is 6.26. The molecule has 0 spiro atoms. The average molecular weight is 525 g/mol. The number of anilines is 1. The summed E-state index contributed by atoms with van der Waals surface area (Å²) in [6.07, 6.45) is 0. The maximum atomic E-state index is 13.6. The standard InChI is InChI=1S/C25H19BrClN3O3/c1-32-19-12-5-15(13-20(19)33-2)24-21-22(14-3-6-16(26)7-4-14)28-29-23(21)25(31)30(24)18-10-8-17(27)9-11-18/h3-13,24H,1-2H3,(H,28,29)/t24-/m0/s1. The third-order valence-electron chi connectivity index (χ3n) is 5.71. The van der Waals surface area contributed by atoms with E-state index in [1.807, 2.05) is 54.6 Å². The first kappa shape index (κ1) is 21.6. The number of hydrogen-bond donors (Lipinski definition) is 1. The van der Waals surface area contributed by atoms with E-state index in [0.29, 0.717) is 22.2 Å². The van der Waals surface area contributed by atoms with Crippen LogP contribution in [0.5, 0.6) is 11.5 Å². The number of benzene rings is 3. The summed E-state index contributed by atoms with van der Waals surface area (Å²) in [7, 11) is 3.19. The van der Waals surface area contributed by atoms with E-state index >= 15 is 0 Å². The fourth-order valence-electron chi connectivity index (χ4n) is 4.18. The van der Waals surface area contributed by atoms with Crippen LogP contribution in [0, 0.1) is 0 Å². The van der Waals surface area contributed by atoms with Gasteiger partial charge in [0.15, 0.2) is 11.5 Å². The van der Waals surface area contributed by atoms with Crippen molar-refractivity contribution in [1.29, 1.82) is 0 Å². The van der Waals surface area contributed by atoms with Gasteiger partial charge in [-0.1, -0.05) is 45.7 Å². The molecule has 2 heterocycles. The number of carbonyl (C=O) groups is 1. The number of nitrogens with one attached hydrogen (secondary N) is 1. The molecule has 1 N–H and O–H groups in total. The molecule has 0 aliphatic carbocycles. The zero-order valence-electron chi connectivity index (χ0n) is 17.8. The molecule has 6 nitrogen and oxygen atoms in total. The lowest BCUT2D eigenvalue weighted by molar-refractivity contribution is 0.0988. The molecule has 4 aromatic rings. The summed E-state index contributed by atoms with van der Waals surface area (Å²) >= 11 is 9.59. The Morgan fingerprint density at radius 1 is 0.970 bits per heavy atom. The largest absolute Gasteiger partial charge is 0.493 e. The molecule has 8 heteroatoms. The first-order valence-electron chi connectivity index (χ1n) is 10.2. The van der Waals surface area contributed by atoms with E-state index in [2.05, 4.69) is 26.1 Å². The van der Waals surface area contributed by atoms with Crippen LogP contribution in [0.1, 0.15) is 27.7 Å². The van der Waals surface area contributed by atoms with Gasteiger partial charge in [-0.15, -0.1) is 0 Å². The summed E-state index contributed by atoms with van der Waals surface area (Å²) in [5, 5.41) is 8.09. The minimum atomic E-state index is -0.425. The van der Waals surface area contributed by atoms with E-state index < -0.39 is 6.04 Å². The Bertz CT molecular complexity index is 1340. The van der Waals surface area contributed by atoms with E-state index in [1.165, 1.54) is 0 Å². The van der Waals surface area contributed by atoms with Gasteiger partial charge in [0, 0.05) is 26.3 Å². The van der Waals surface area contributed by atoms with Crippen LogP contribution in [0.3, 0.4) is 0 Å². The molecule has 0 radical (unpaired) electrons. The van der Waals surface area contributed by atoms with Crippen molar-refractivity contribution in [3.63, 3.8) is 0 Å². The van der Waals surface area contributed by atoms with Gasteiger partial charge in [-0.05, 0) is 54.1 Å². The number of halogens is 2. The smallest absolute Gasteiger partial charge is 0.277 e. The Morgan fingerprint density at radius 2 is 1.67 bits per heavy atom. The van der Waals surface area contributed by atoms with Gasteiger partial charge >= 0.3 is 0 Å². The van der Waals surface area contributed by atoms with E-state index in [9.17, 15) is 4.79 Å². The number of H-pyrrole nitrogens is 1. The van der Waals surface area contributed by atoms with Crippen LogP contribution >= 0.6 is 27.5 Å². The van der Waals surface area contributed by atoms with Gasteiger partial charge in [-0.25, -0.2) is 0 Å². The van der Waals surface area contributed by atoms with Crippen LogP contribution in [0.15, 0.2) is 71.2 Å². The van der Waals surface area contributed by atoms with Crippen LogP contribution in [0.25, 0.3) is 11.3 Å². The minimum absolute atomic E-state index is 0.164. The topological polar surface area (TPSA) is 67.5 Å². The number of nitrogens with zero attached hydrogens (tertiary/aromatic N) is 2. The highest BCUT2D eigenvalue weighted by Crippen LogP contribution is 2.46. The molecule has 1 amide bonds. The molecule has 0 fully saturated rings. The Labute approximate surface area is 204 Å². The van der Waals surface area contributed by atoms with Crippen LogP contribution < -0.4 is 14.4 Å². The summed E-state index contributed by atoms with van der Waals surface area (Å²) in [6.45, 7) is 0. The molecule has 1 aliphatic rings. The van der Waals surface area contributed by atoms with Crippen LogP contribution in [-0.4, -0.2) is 30.3 Å². The van der Waals surface area contributed by atoms with Crippen LogP contribution in [-0.2, 0) is 0 Å². The van der Waals surface area contributed by atoms with Crippen molar-refractivity contribution in [1.82, 2.24) is 10.2 Å². The number of fused-ring (bicyclic) bond motifs is 1. The summed E-state index contributed by atoms with van der Waals surface area (Å²) in [5.74, 6) is 1.03. The van der Waals surface area contributed by atoms with E-state index in [4.69, 9.17) is 21.1 Å². The number of amides is 1. The molecular weight excluding hydrogens is 506 g/mol. The van der Waals surface area contributed by atoms with Gasteiger partial charge in [0.1, 0.15) is 5.69 Å². The first-order chi connectivity index (χ1) is 16.0. The molecule has 33 heavy (non-hydrogen) atoms. The van der Waals surface area contributed by atoms with Gasteiger partial charge in [0.05, 0.1) is 26.0 Å². The molecule has 166 valence electrons. The lowest BCUT2D eigenvalue weighted by Gasteiger charge is -2.27. The average Bonchev–Trinajstić information content (AvgIpc) is 3.39. The first-order valence-corrected chi connectivity index (χ1v) is 11.3. The molecule has 1 atom stereocenters. The zero-order valence-corrected chi connectivity index (χ0v) is 20.1. The van der Waals surface area contributed by atoms with Crippen molar-refractivity contribution in [2.75, 3.05) is 19.1 Å². The Morgan fingerprint density at radius 3 is 2.33 bits per heavy atom. The van der Waals surface area contributed by atoms with Crippen molar-refractivity contribution in [2.45, 2.75) is 6.04 Å². The number of carbonyl (C=O) groups excluding carboxylic acids is 1. The van der Waals surface area contributed by atoms with Crippen molar-refractivity contribution in [2.24, 2.45) is 0 Å².